The summed E-state index contributed by atoms with van der Waals surface area (Å²) >= 11 is 0. The van der Waals surface area contributed by atoms with Crippen LogP contribution in [0.4, 0.5) is 0 Å². The number of hydrogen-bond donors (Lipinski definition) is 0. The van der Waals surface area contributed by atoms with Crippen LogP contribution in [-0.2, 0) is 4.79 Å². The summed E-state index contributed by atoms with van der Waals surface area (Å²) in [7, 11) is 0. The first kappa shape index (κ1) is 11.3. The molecule has 0 aliphatic heterocycles. The quantitative estimate of drug-likeness (QED) is 0.646. The third-order valence-electron chi connectivity index (χ3n) is 5.91. The normalized spacial score (nSPS) is 45.6. The number of ketones is 1. The van der Waals surface area contributed by atoms with Crippen molar-refractivity contribution < 1.29 is 4.79 Å². The fraction of sp³-hybridized carbons (Fsp3) is 0.500. The van der Waals surface area contributed by atoms with Crippen molar-refractivity contribution in [3.63, 3.8) is 0 Å². The van der Waals surface area contributed by atoms with Gasteiger partial charge in [-0.25, -0.2) is 0 Å². The number of carbonyl (C=O) groups is 1. The van der Waals surface area contributed by atoms with E-state index in [0.717, 1.165) is 18.4 Å². The van der Waals surface area contributed by atoms with Gasteiger partial charge in [-0.2, -0.15) is 0 Å². The molecule has 1 nitrogen and oxygen atoms in total. The molecule has 0 aromatic heterocycles. The lowest BCUT2D eigenvalue weighted by molar-refractivity contribution is -0.134. The van der Waals surface area contributed by atoms with Gasteiger partial charge in [-0.15, -0.1) is 0 Å². The monoisotopic (exact) mass is 250 g/mol. The zero-order valence-electron chi connectivity index (χ0n) is 11.4. The molecule has 0 heterocycles. The molecule has 1 aromatic carbocycles. The van der Waals surface area contributed by atoms with Gasteiger partial charge in [-0.3, -0.25) is 4.79 Å². The van der Waals surface area contributed by atoms with E-state index < -0.39 is 0 Å². The Morgan fingerprint density at radius 3 is 2.68 bits per heavy atom. The van der Waals surface area contributed by atoms with Crippen LogP contribution in [0, 0.1) is 40.4 Å². The van der Waals surface area contributed by atoms with Crippen LogP contribution in [0.5, 0.6) is 0 Å². The Labute approximate surface area is 114 Å². The van der Waals surface area contributed by atoms with Gasteiger partial charge in [-0.1, -0.05) is 43.9 Å². The van der Waals surface area contributed by atoms with E-state index in [0.29, 0.717) is 23.0 Å². The van der Waals surface area contributed by atoms with E-state index in [9.17, 15) is 4.79 Å². The van der Waals surface area contributed by atoms with Gasteiger partial charge in [-0.05, 0) is 35.8 Å². The molecule has 4 bridgehead atoms. The molecule has 1 heteroatoms. The Kier molecular flexibility index (Phi) is 1.97. The topological polar surface area (TPSA) is 17.1 Å². The van der Waals surface area contributed by atoms with Crippen molar-refractivity contribution in [2.45, 2.75) is 26.7 Å². The van der Waals surface area contributed by atoms with E-state index in [-0.39, 0.29) is 11.3 Å². The zero-order valence-corrected chi connectivity index (χ0v) is 11.4. The maximum atomic E-state index is 12.3. The highest BCUT2D eigenvalue weighted by Gasteiger charge is 2.78. The molecule has 4 fully saturated rings. The average Bonchev–Trinajstić information content (AvgIpc) is 2.87. The van der Waals surface area contributed by atoms with Crippen molar-refractivity contribution in [3.8, 4) is 11.8 Å². The summed E-state index contributed by atoms with van der Waals surface area (Å²) in [6.07, 6.45) is 1.86. The third kappa shape index (κ3) is 1.30. The van der Waals surface area contributed by atoms with Gasteiger partial charge in [0.15, 0.2) is 0 Å². The van der Waals surface area contributed by atoms with Crippen molar-refractivity contribution in [2.75, 3.05) is 0 Å². The largest absolute Gasteiger partial charge is 0.299 e. The maximum Gasteiger partial charge on any atom is 0.140 e. The summed E-state index contributed by atoms with van der Waals surface area (Å²) in [4.78, 5) is 12.3. The van der Waals surface area contributed by atoms with E-state index in [1.54, 1.807) is 0 Å². The van der Waals surface area contributed by atoms with Crippen LogP contribution < -0.4 is 0 Å². The van der Waals surface area contributed by atoms with E-state index in [2.05, 4.69) is 25.7 Å². The van der Waals surface area contributed by atoms with Crippen molar-refractivity contribution in [1.82, 2.24) is 0 Å². The molecule has 0 unspecified atom stereocenters. The molecular formula is C18H18O. The molecule has 19 heavy (non-hydrogen) atoms. The van der Waals surface area contributed by atoms with Crippen LogP contribution in [0.25, 0.3) is 0 Å². The van der Waals surface area contributed by atoms with Gasteiger partial charge in [0.05, 0.1) is 0 Å². The summed E-state index contributed by atoms with van der Waals surface area (Å²) in [6, 6.07) is 10.1. The second-order valence-corrected chi connectivity index (χ2v) is 6.97. The van der Waals surface area contributed by atoms with E-state index in [4.69, 9.17) is 0 Å². The minimum Gasteiger partial charge on any atom is -0.299 e. The Morgan fingerprint density at radius 1 is 1.21 bits per heavy atom. The third-order valence-corrected chi connectivity index (χ3v) is 5.91. The lowest BCUT2D eigenvalue weighted by Gasteiger charge is -2.37. The molecular weight excluding hydrogens is 232 g/mol. The number of Topliss-reactive ketones (excluding diaryl/α,β-unsaturated/α-hetero) is 1. The average molecular weight is 250 g/mol. The van der Waals surface area contributed by atoms with Crippen LogP contribution in [-0.4, -0.2) is 5.78 Å². The molecule has 5 rings (SSSR count). The van der Waals surface area contributed by atoms with Crippen LogP contribution in [0.2, 0.25) is 0 Å². The van der Waals surface area contributed by atoms with Crippen molar-refractivity contribution >= 4 is 5.78 Å². The number of rotatable bonds is 0. The van der Waals surface area contributed by atoms with Crippen LogP contribution in [0.3, 0.4) is 0 Å². The lowest BCUT2D eigenvalue weighted by atomic mass is 9.64. The van der Waals surface area contributed by atoms with Crippen LogP contribution in [0.15, 0.2) is 30.3 Å². The Balaban J connectivity index is 1.70. The maximum absolute atomic E-state index is 12.3. The summed E-state index contributed by atoms with van der Waals surface area (Å²) in [5, 5.41) is 0. The fourth-order valence-corrected chi connectivity index (χ4v) is 4.86. The Bertz CT molecular complexity index is 620. The van der Waals surface area contributed by atoms with Gasteiger partial charge in [0.2, 0.25) is 0 Å². The standard InChI is InChI=1S/C18H18O/c1-17-11-18(2)14(10-15(17)19)16(18)13(17)9-8-12-6-4-3-5-7-12/h3-7,13-14,16H,10-11H2,1-2H3/t13-,14+,16-,17+,18+/m1/s1. The smallest absolute Gasteiger partial charge is 0.140 e. The highest BCUT2D eigenvalue weighted by atomic mass is 16.1. The highest BCUT2D eigenvalue weighted by Crippen LogP contribution is 2.80. The van der Waals surface area contributed by atoms with Gasteiger partial charge in [0, 0.05) is 23.3 Å². The van der Waals surface area contributed by atoms with Crippen molar-refractivity contribution in [2.24, 2.45) is 28.6 Å². The van der Waals surface area contributed by atoms with Crippen molar-refractivity contribution in [3.05, 3.63) is 35.9 Å². The second kappa shape index (κ2) is 3.31. The van der Waals surface area contributed by atoms with Gasteiger partial charge < -0.3 is 0 Å². The first-order valence-electron chi connectivity index (χ1n) is 7.16. The number of benzene rings is 1. The van der Waals surface area contributed by atoms with E-state index in [1.807, 2.05) is 30.3 Å². The first-order valence-corrected chi connectivity index (χ1v) is 7.16. The molecule has 0 amide bonds. The molecule has 1 aromatic rings. The van der Waals surface area contributed by atoms with E-state index in [1.165, 1.54) is 0 Å². The second-order valence-electron chi connectivity index (χ2n) is 6.97. The van der Waals surface area contributed by atoms with Crippen molar-refractivity contribution in [1.29, 1.82) is 0 Å². The summed E-state index contributed by atoms with van der Waals surface area (Å²) < 4.78 is 0. The van der Waals surface area contributed by atoms with Gasteiger partial charge in [0.1, 0.15) is 5.78 Å². The van der Waals surface area contributed by atoms with Crippen LogP contribution in [0.1, 0.15) is 32.3 Å². The zero-order chi connectivity index (χ0) is 13.3. The SMILES string of the molecule is C[C@]12C[C@]3(C)C(=O)C[C@H]1[C@H]2[C@H]3C#Cc1ccccc1. The Hall–Kier alpha value is -1.55. The molecule has 4 saturated carbocycles. The highest BCUT2D eigenvalue weighted by molar-refractivity contribution is 5.89. The first-order chi connectivity index (χ1) is 9.06. The molecule has 0 spiro atoms. The minimum atomic E-state index is -0.171. The number of carbonyl (C=O) groups excluding carboxylic acids is 1. The molecule has 4 aliphatic carbocycles. The summed E-state index contributed by atoms with van der Waals surface area (Å²) in [5.41, 5.74) is 1.30. The molecule has 0 radical (unpaired) electrons. The minimum absolute atomic E-state index is 0.171. The summed E-state index contributed by atoms with van der Waals surface area (Å²) in [5.74, 6) is 8.77. The Morgan fingerprint density at radius 2 is 1.95 bits per heavy atom. The molecule has 96 valence electrons. The number of hydrogen-bond acceptors (Lipinski definition) is 1. The molecule has 0 N–H and O–H groups in total. The predicted octanol–water partition coefficient (Wildman–Crippen LogP) is 3.29. The lowest BCUT2D eigenvalue weighted by Crippen LogP contribution is -2.40. The predicted molar refractivity (Wildman–Crippen MR) is 74.2 cm³/mol. The van der Waals surface area contributed by atoms with Crippen LogP contribution >= 0.6 is 0 Å². The summed E-state index contributed by atoms with van der Waals surface area (Å²) in [6.45, 7) is 4.50. The van der Waals surface area contributed by atoms with Gasteiger partial charge in [0.25, 0.3) is 0 Å². The fourth-order valence-electron chi connectivity index (χ4n) is 4.86. The molecule has 5 atom stereocenters. The van der Waals surface area contributed by atoms with E-state index >= 15 is 0 Å². The molecule has 4 aliphatic rings. The van der Waals surface area contributed by atoms with Gasteiger partial charge >= 0.3 is 0 Å². The number of fused-ring (bicyclic) bond motifs is 1. The molecule has 0 saturated heterocycles.